The monoisotopic (exact) mass is 488 g/mol. The van der Waals surface area contributed by atoms with Crippen LogP contribution in [0.25, 0.3) is 22.7 Å². The third kappa shape index (κ3) is 5.13. The van der Waals surface area contributed by atoms with E-state index in [9.17, 15) is 9.90 Å². The van der Waals surface area contributed by atoms with Gasteiger partial charge in [-0.25, -0.2) is 19.7 Å². The molecule has 36 heavy (non-hydrogen) atoms. The molecule has 0 unspecified atom stereocenters. The summed E-state index contributed by atoms with van der Waals surface area (Å²) >= 11 is 0. The van der Waals surface area contributed by atoms with Crippen LogP contribution in [0.15, 0.2) is 30.0 Å². The van der Waals surface area contributed by atoms with E-state index in [1.165, 1.54) is 30.4 Å². The molecule has 0 aromatic carbocycles. The van der Waals surface area contributed by atoms with Crippen molar-refractivity contribution in [2.24, 2.45) is 11.8 Å². The highest BCUT2D eigenvalue weighted by atomic mass is 16.4. The number of allylic oxidation sites excluding steroid dienone is 2. The van der Waals surface area contributed by atoms with Crippen molar-refractivity contribution in [3.8, 4) is 11.5 Å². The maximum absolute atomic E-state index is 11.9. The van der Waals surface area contributed by atoms with E-state index in [0.29, 0.717) is 23.3 Å². The molecule has 1 fully saturated rings. The fourth-order valence-electron chi connectivity index (χ4n) is 5.18. The van der Waals surface area contributed by atoms with Gasteiger partial charge in [-0.3, -0.25) is 4.98 Å². The van der Waals surface area contributed by atoms with Gasteiger partial charge in [-0.05, 0) is 68.1 Å². The van der Waals surface area contributed by atoms with Gasteiger partial charge in [0, 0.05) is 19.3 Å². The van der Waals surface area contributed by atoms with Gasteiger partial charge in [0.05, 0.1) is 0 Å². The molecule has 0 spiro atoms. The highest BCUT2D eigenvalue weighted by Gasteiger charge is 2.25. The first-order valence-corrected chi connectivity index (χ1v) is 13.3. The number of hydrogen-bond acceptors (Lipinski definition) is 6. The Hall–Kier alpha value is -3.29. The van der Waals surface area contributed by atoms with Gasteiger partial charge in [-0.1, -0.05) is 44.8 Å². The minimum absolute atomic E-state index is 0.232. The molecule has 3 aromatic heterocycles. The van der Waals surface area contributed by atoms with E-state index in [1.807, 2.05) is 12.3 Å². The Bertz CT molecular complexity index is 1290. The Morgan fingerprint density at radius 2 is 2.03 bits per heavy atom. The molecule has 190 valence electrons. The minimum atomic E-state index is -1.15. The molecule has 2 aliphatic rings. The molecule has 0 aliphatic heterocycles. The zero-order valence-corrected chi connectivity index (χ0v) is 21.5. The number of carbonyl (C=O) groups is 1. The number of hydrogen-bond donors (Lipinski definition) is 2. The smallest absolute Gasteiger partial charge is 0.374 e. The Balaban J connectivity index is 1.61. The fourth-order valence-corrected chi connectivity index (χ4v) is 5.18. The number of nitrogens with one attached hydrogen (secondary N) is 1. The maximum atomic E-state index is 11.9. The molecule has 1 atom stereocenters. The topological polar surface area (TPSA) is 106 Å². The Kier molecular flexibility index (Phi) is 7.03. The van der Waals surface area contributed by atoms with Crippen LogP contribution in [0.4, 0.5) is 5.82 Å². The number of rotatable bonds is 9. The van der Waals surface area contributed by atoms with Crippen LogP contribution in [0.1, 0.15) is 87.8 Å². The quantitative estimate of drug-likeness (QED) is 0.353. The summed E-state index contributed by atoms with van der Waals surface area (Å²) in [5.41, 5.74) is 4.58. The van der Waals surface area contributed by atoms with Crippen LogP contribution >= 0.6 is 0 Å². The second-order valence-electron chi connectivity index (χ2n) is 10.8. The molecule has 8 nitrogen and oxygen atoms in total. The van der Waals surface area contributed by atoms with Crippen molar-refractivity contribution in [3.05, 3.63) is 41.4 Å². The van der Waals surface area contributed by atoms with E-state index in [1.54, 1.807) is 0 Å². The van der Waals surface area contributed by atoms with Crippen LogP contribution in [0.3, 0.4) is 0 Å². The van der Waals surface area contributed by atoms with Gasteiger partial charge in [0.15, 0.2) is 17.3 Å². The van der Waals surface area contributed by atoms with Crippen LogP contribution in [0, 0.1) is 11.8 Å². The minimum Gasteiger partial charge on any atom is -0.475 e. The molecular formula is C28H36N6O2. The van der Waals surface area contributed by atoms with E-state index in [0.717, 1.165) is 61.7 Å². The van der Waals surface area contributed by atoms with Gasteiger partial charge in [0.1, 0.15) is 11.2 Å². The van der Waals surface area contributed by atoms with Crippen molar-refractivity contribution in [2.45, 2.75) is 78.2 Å². The lowest BCUT2D eigenvalue weighted by molar-refractivity contribution is 0.0684. The van der Waals surface area contributed by atoms with Crippen LogP contribution in [-0.2, 0) is 6.54 Å². The summed E-state index contributed by atoms with van der Waals surface area (Å²) in [6.45, 7) is 8.03. The zero-order valence-electron chi connectivity index (χ0n) is 21.5. The second-order valence-corrected chi connectivity index (χ2v) is 10.8. The molecule has 0 bridgehead atoms. The van der Waals surface area contributed by atoms with Gasteiger partial charge in [-0.2, -0.15) is 0 Å². The van der Waals surface area contributed by atoms with E-state index < -0.39 is 5.97 Å². The molecular weight excluding hydrogens is 452 g/mol. The van der Waals surface area contributed by atoms with Gasteiger partial charge in [0.2, 0.25) is 5.82 Å². The number of aromatic nitrogens is 5. The van der Waals surface area contributed by atoms with Gasteiger partial charge in [-0.15, -0.1) is 0 Å². The number of aromatic carboxylic acids is 1. The lowest BCUT2D eigenvalue weighted by atomic mass is 9.83. The number of pyridine rings is 1. The number of fused-ring (bicyclic) bond motifs is 1. The largest absolute Gasteiger partial charge is 0.475 e. The summed E-state index contributed by atoms with van der Waals surface area (Å²) < 4.78 is 2.18. The van der Waals surface area contributed by atoms with Crippen molar-refractivity contribution < 1.29 is 9.90 Å². The van der Waals surface area contributed by atoms with Crippen LogP contribution in [-0.4, -0.2) is 42.1 Å². The Labute approximate surface area is 212 Å². The highest BCUT2D eigenvalue weighted by molar-refractivity contribution is 5.92. The standard InChI is InChI=1S/C28H36N6O2/c1-17(2)21-12-14-29-22(15-21)27-33-25-23(34(27)16-20-9-7-18(3)8-10-20)24(31-26(32-25)28(35)36)30-13-11-19-5-4-6-19/h7,12,14-15,17,19-20H,4-6,8-11,13,16H2,1-3H3,(H,35,36)(H,30,31,32)/t20-/m0/s1. The number of anilines is 1. The van der Waals surface area contributed by atoms with Gasteiger partial charge >= 0.3 is 5.97 Å². The molecule has 0 saturated heterocycles. The average Bonchev–Trinajstić information content (AvgIpc) is 3.20. The zero-order chi connectivity index (χ0) is 25.2. The first kappa shape index (κ1) is 24.4. The van der Waals surface area contributed by atoms with Gasteiger partial charge < -0.3 is 15.0 Å². The summed E-state index contributed by atoms with van der Waals surface area (Å²) in [6, 6.07) is 4.12. The maximum Gasteiger partial charge on any atom is 0.374 e. The van der Waals surface area contributed by atoms with Crippen LogP contribution in [0.5, 0.6) is 0 Å². The number of imidazole rings is 1. The average molecular weight is 489 g/mol. The van der Waals surface area contributed by atoms with Crippen molar-refractivity contribution in [3.63, 3.8) is 0 Å². The number of nitrogens with zero attached hydrogens (tertiary/aromatic N) is 5. The summed E-state index contributed by atoms with van der Waals surface area (Å²) in [5, 5.41) is 13.2. The lowest BCUT2D eigenvalue weighted by Crippen LogP contribution is -2.18. The first-order chi connectivity index (χ1) is 17.4. The fraction of sp³-hybridized carbons (Fsp3) is 0.536. The first-order valence-electron chi connectivity index (χ1n) is 13.3. The summed E-state index contributed by atoms with van der Waals surface area (Å²) in [4.78, 5) is 30.2. The molecule has 0 amide bonds. The van der Waals surface area contributed by atoms with Crippen molar-refractivity contribution in [1.82, 2.24) is 24.5 Å². The van der Waals surface area contributed by atoms with Crippen LogP contribution in [0.2, 0.25) is 0 Å². The van der Waals surface area contributed by atoms with Crippen LogP contribution < -0.4 is 5.32 Å². The highest BCUT2D eigenvalue weighted by Crippen LogP contribution is 2.33. The third-order valence-corrected chi connectivity index (χ3v) is 7.73. The molecule has 3 heterocycles. The molecule has 2 N–H and O–H groups in total. The molecule has 8 heteroatoms. The predicted octanol–water partition coefficient (Wildman–Crippen LogP) is 6.06. The summed E-state index contributed by atoms with van der Waals surface area (Å²) in [7, 11) is 0. The normalized spacial score (nSPS) is 18.3. The number of carboxylic acid groups (broad SMARTS) is 1. The van der Waals surface area contributed by atoms with Crippen molar-refractivity contribution in [2.75, 3.05) is 11.9 Å². The van der Waals surface area contributed by atoms with Crippen molar-refractivity contribution >= 4 is 23.0 Å². The van der Waals surface area contributed by atoms with E-state index >= 15 is 0 Å². The Morgan fingerprint density at radius 1 is 1.19 bits per heavy atom. The Morgan fingerprint density at radius 3 is 2.69 bits per heavy atom. The van der Waals surface area contributed by atoms with Gasteiger partial charge in [0.25, 0.3) is 0 Å². The number of carboxylic acids is 1. The van der Waals surface area contributed by atoms with E-state index in [-0.39, 0.29) is 5.82 Å². The van der Waals surface area contributed by atoms with E-state index in [2.05, 4.69) is 57.7 Å². The summed E-state index contributed by atoms with van der Waals surface area (Å²) in [5.74, 6) is 1.45. The summed E-state index contributed by atoms with van der Waals surface area (Å²) in [6.07, 6.45) is 12.3. The molecule has 0 radical (unpaired) electrons. The SMILES string of the molecule is CC1=CC[C@H](Cn2c(-c3cc(C(C)C)ccn3)nc3nc(C(=O)O)nc(NCCC4CCC4)c32)CC1. The van der Waals surface area contributed by atoms with E-state index in [4.69, 9.17) is 4.98 Å². The van der Waals surface area contributed by atoms with Crippen molar-refractivity contribution in [1.29, 1.82) is 0 Å². The molecule has 1 saturated carbocycles. The molecule has 2 aliphatic carbocycles. The lowest BCUT2D eigenvalue weighted by Gasteiger charge is -2.25. The third-order valence-electron chi connectivity index (χ3n) is 7.73. The molecule has 5 rings (SSSR count). The molecule has 3 aromatic rings. The second kappa shape index (κ2) is 10.4. The predicted molar refractivity (Wildman–Crippen MR) is 141 cm³/mol.